The van der Waals surface area contributed by atoms with Crippen molar-refractivity contribution in [3.63, 3.8) is 0 Å². The molecule has 0 radical (unpaired) electrons. The Labute approximate surface area is 126 Å². The van der Waals surface area contributed by atoms with Crippen LogP contribution in [0.5, 0.6) is 0 Å². The number of halogens is 1. The number of allylic oxidation sites excluding steroid dienone is 3. The van der Waals surface area contributed by atoms with Gasteiger partial charge in [-0.05, 0) is 53.0 Å². The van der Waals surface area contributed by atoms with E-state index in [-0.39, 0.29) is 12.4 Å². The summed E-state index contributed by atoms with van der Waals surface area (Å²) in [7, 11) is 0. The van der Waals surface area contributed by atoms with Crippen LogP contribution in [0.15, 0.2) is 52.1 Å². The van der Waals surface area contributed by atoms with Crippen molar-refractivity contribution in [3.8, 4) is 0 Å². The second kappa shape index (κ2) is 5.21. The van der Waals surface area contributed by atoms with Gasteiger partial charge >= 0.3 is 0 Å². The Bertz CT molecular complexity index is 624. The standard InChI is InChI=1S/C18H19N.ClH/c1-12-6-7-14-10-19-11-15-9-13-4-2-3-5-16(13)17(8-12)18(14)15;/h2-5,7,10,12,17H,6,8-9,11H2,1H3;1H. The fourth-order valence-corrected chi connectivity index (χ4v) is 3.87. The number of fused-ring (bicyclic) bond motifs is 2. The van der Waals surface area contributed by atoms with E-state index in [4.69, 9.17) is 0 Å². The average Bonchev–Trinajstić information content (AvgIpc) is 2.60. The third-order valence-electron chi connectivity index (χ3n) is 4.77. The lowest BCUT2D eigenvalue weighted by atomic mass is 9.73. The molecule has 20 heavy (non-hydrogen) atoms. The SMILES string of the molecule is CC1CC=C2C=NCC3=C2C(C1)c1ccccc1C3.Cl. The number of benzene rings is 1. The van der Waals surface area contributed by atoms with Gasteiger partial charge in [-0.1, -0.05) is 37.3 Å². The molecule has 0 spiro atoms. The van der Waals surface area contributed by atoms with Crippen LogP contribution in [0, 0.1) is 5.92 Å². The molecule has 1 heterocycles. The first-order valence-electron chi connectivity index (χ1n) is 7.33. The van der Waals surface area contributed by atoms with Crippen LogP contribution >= 0.6 is 12.4 Å². The summed E-state index contributed by atoms with van der Waals surface area (Å²) in [5, 5.41) is 0. The Morgan fingerprint density at radius 2 is 2.05 bits per heavy atom. The van der Waals surface area contributed by atoms with E-state index in [1.54, 1.807) is 16.7 Å². The van der Waals surface area contributed by atoms with E-state index in [9.17, 15) is 0 Å². The zero-order chi connectivity index (χ0) is 12.8. The summed E-state index contributed by atoms with van der Waals surface area (Å²) in [6.45, 7) is 3.29. The number of hydrogen-bond acceptors (Lipinski definition) is 1. The molecule has 3 aliphatic rings. The van der Waals surface area contributed by atoms with Crippen molar-refractivity contribution in [2.24, 2.45) is 10.9 Å². The molecule has 1 aromatic carbocycles. The maximum absolute atomic E-state index is 4.57. The number of hydrogen-bond donors (Lipinski definition) is 0. The molecule has 104 valence electrons. The van der Waals surface area contributed by atoms with Crippen LogP contribution in [0.3, 0.4) is 0 Å². The second-order valence-corrected chi connectivity index (χ2v) is 6.15. The fraction of sp³-hybridized carbons (Fsp3) is 0.389. The van der Waals surface area contributed by atoms with Crippen molar-refractivity contribution < 1.29 is 0 Å². The molecule has 1 nitrogen and oxygen atoms in total. The van der Waals surface area contributed by atoms with Crippen LogP contribution in [0.2, 0.25) is 0 Å². The van der Waals surface area contributed by atoms with E-state index >= 15 is 0 Å². The monoisotopic (exact) mass is 285 g/mol. The van der Waals surface area contributed by atoms with Gasteiger partial charge in [0.25, 0.3) is 0 Å². The van der Waals surface area contributed by atoms with Crippen LogP contribution in [0.1, 0.15) is 36.8 Å². The zero-order valence-corrected chi connectivity index (χ0v) is 12.6. The van der Waals surface area contributed by atoms with Crippen LogP contribution in [-0.4, -0.2) is 12.8 Å². The summed E-state index contributed by atoms with van der Waals surface area (Å²) >= 11 is 0. The molecular weight excluding hydrogens is 266 g/mol. The average molecular weight is 286 g/mol. The molecule has 1 aromatic rings. The summed E-state index contributed by atoms with van der Waals surface area (Å²) in [5.74, 6) is 1.37. The molecule has 0 aromatic heterocycles. The van der Waals surface area contributed by atoms with E-state index in [2.05, 4.69) is 48.5 Å². The minimum absolute atomic E-state index is 0. The molecule has 0 fully saturated rings. The van der Waals surface area contributed by atoms with Crippen LogP contribution in [-0.2, 0) is 6.42 Å². The molecule has 2 atom stereocenters. The summed E-state index contributed by atoms with van der Waals surface area (Å²) in [6.07, 6.45) is 8.10. The quantitative estimate of drug-likeness (QED) is 0.666. The minimum atomic E-state index is 0. The van der Waals surface area contributed by atoms with Gasteiger partial charge in [-0.2, -0.15) is 0 Å². The maximum atomic E-state index is 4.57. The Kier molecular flexibility index (Phi) is 3.55. The van der Waals surface area contributed by atoms with Gasteiger partial charge in [0.15, 0.2) is 0 Å². The molecule has 0 bridgehead atoms. The lowest BCUT2D eigenvalue weighted by Gasteiger charge is -2.33. The van der Waals surface area contributed by atoms with Crippen molar-refractivity contribution in [2.45, 2.75) is 32.1 Å². The van der Waals surface area contributed by atoms with Gasteiger partial charge in [0.2, 0.25) is 0 Å². The predicted octanol–water partition coefficient (Wildman–Crippen LogP) is 4.49. The number of aliphatic imine (C=N–C) groups is 1. The third kappa shape index (κ3) is 2.05. The van der Waals surface area contributed by atoms with E-state index in [1.165, 1.54) is 24.0 Å². The van der Waals surface area contributed by atoms with Crippen LogP contribution < -0.4 is 0 Å². The highest BCUT2D eigenvalue weighted by atomic mass is 35.5. The number of rotatable bonds is 0. The zero-order valence-electron chi connectivity index (χ0n) is 11.8. The summed E-state index contributed by atoms with van der Waals surface area (Å²) in [6, 6.07) is 9.01. The predicted molar refractivity (Wildman–Crippen MR) is 87.0 cm³/mol. The van der Waals surface area contributed by atoms with Crippen LogP contribution in [0.25, 0.3) is 0 Å². The van der Waals surface area contributed by atoms with Crippen molar-refractivity contribution in [1.82, 2.24) is 0 Å². The van der Waals surface area contributed by atoms with Gasteiger partial charge in [0, 0.05) is 12.1 Å². The Hall–Kier alpha value is -1.34. The van der Waals surface area contributed by atoms with Gasteiger partial charge < -0.3 is 0 Å². The number of dihydropyridines is 1. The smallest absolute Gasteiger partial charge is 0.0609 e. The summed E-state index contributed by atoms with van der Waals surface area (Å²) in [4.78, 5) is 4.57. The van der Waals surface area contributed by atoms with Gasteiger partial charge in [-0.15, -0.1) is 12.4 Å². The molecule has 1 aliphatic heterocycles. The molecule has 4 rings (SSSR count). The van der Waals surface area contributed by atoms with E-state index in [1.807, 2.05) is 0 Å². The normalized spacial score (nSPS) is 26.9. The maximum Gasteiger partial charge on any atom is 0.0609 e. The van der Waals surface area contributed by atoms with Crippen molar-refractivity contribution in [2.75, 3.05) is 6.54 Å². The Morgan fingerprint density at radius 3 is 2.95 bits per heavy atom. The second-order valence-electron chi connectivity index (χ2n) is 6.15. The van der Waals surface area contributed by atoms with Gasteiger partial charge in [0.1, 0.15) is 0 Å². The van der Waals surface area contributed by atoms with E-state index in [0.717, 1.165) is 18.9 Å². The first-order valence-corrected chi connectivity index (χ1v) is 7.33. The van der Waals surface area contributed by atoms with Gasteiger partial charge in [-0.3, -0.25) is 4.99 Å². The Balaban J connectivity index is 0.00000121. The first kappa shape index (κ1) is 13.6. The summed E-state index contributed by atoms with van der Waals surface area (Å²) < 4.78 is 0. The largest absolute Gasteiger partial charge is 0.288 e. The van der Waals surface area contributed by atoms with Crippen LogP contribution in [0.4, 0.5) is 0 Å². The minimum Gasteiger partial charge on any atom is -0.288 e. The van der Waals surface area contributed by atoms with Crippen molar-refractivity contribution in [1.29, 1.82) is 0 Å². The first-order chi connectivity index (χ1) is 9.33. The molecular formula is C18H20ClN. The topological polar surface area (TPSA) is 12.4 Å². The highest BCUT2D eigenvalue weighted by Gasteiger charge is 2.32. The Morgan fingerprint density at radius 1 is 1.20 bits per heavy atom. The molecule has 0 N–H and O–H groups in total. The fourth-order valence-electron chi connectivity index (χ4n) is 3.87. The van der Waals surface area contributed by atoms with Gasteiger partial charge in [0.05, 0.1) is 6.54 Å². The van der Waals surface area contributed by atoms with E-state index < -0.39 is 0 Å². The van der Waals surface area contributed by atoms with Crippen molar-refractivity contribution in [3.05, 3.63) is 58.2 Å². The lowest BCUT2D eigenvalue weighted by molar-refractivity contribution is 0.505. The lowest BCUT2D eigenvalue weighted by Crippen LogP contribution is -2.20. The molecule has 2 unspecified atom stereocenters. The summed E-state index contributed by atoms with van der Waals surface area (Å²) in [5.41, 5.74) is 7.67. The highest BCUT2D eigenvalue weighted by Crippen LogP contribution is 2.46. The molecule has 2 heteroatoms. The van der Waals surface area contributed by atoms with E-state index in [0.29, 0.717) is 5.92 Å². The van der Waals surface area contributed by atoms with Crippen molar-refractivity contribution >= 4 is 18.6 Å². The third-order valence-corrected chi connectivity index (χ3v) is 4.77. The highest BCUT2D eigenvalue weighted by molar-refractivity contribution is 5.88. The molecule has 2 aliphatic carbocycles. The van der Waals surface area contributed by atoms with Gasteiger partial charge in [-0.25, -0.2) is 0 Å². The molecule has 0 amide bonds. The number of nitrogens with zero attached hydrogens (tertiary/aromatic N) is 1. The molecule has 0 saturated carbocycles. The molecule has 0 saturated heterocycles.